The first-order chi connectivity index (χ1) is 18.7. The summed E-state index contributed by atoms with van der Waals surface area (Å²) in [6.07, 6.45) is 20.2. The van der Waals surface area contributed by atoms with E-state index in [1.165, 1.54) is 0 Å². The number of carbonyl (C=O) groups is 2. The van der Waals surface area contributed by atoms with E-state index >= 15 is 0 Å². The molecule has 0 bridgehead atoms. The van der Waals surface area contributed by atoms with Crippen molar-refractivity contribution in [2.75, 3.05) is 26.4 Å². The van der Waals surface area contributed by atoms with E-state index in [0.717, 1.165) is 51.4 Å². The van der Waals surface area contributed by atoms with Gasteiger partial charge in [-0.3, -0.25) is 18.6 Å². The Bertz CT molecular complexity index is 765. The average molecular weight is 577 g/mol. The van der Waals surface area contributed by atoms with Crippen molar-refractivity contribution in [2.24, 2.45) is 0 Å². The van der Waals surface area contributed by atoms with Gasteiger partial charge in [0.15, 0.2) is 6.10 Å². The van der Waals surface area contributed by atoms with Crippen LogP contribution in [0.1, 0.15) is 90.9 Å². The van der Waals surface area contributed by atoms with Crippen LogP contribution in [-0.2, 0) is 32.7 Å². The summed E-state index contributed by atoms with van der Waals surface area (Å²) >= 11 is 0. The van der Waals surface area contributed by atoms with Crippen molar-refractivity contribution < 1.29 is 47.8 Å². The molecule has 0 aromatic heterocycles. The lowest BCUT2D eigenvalue weighted by molar-refractivity contribution is -0.161. The standard InChI is InChI=1S/C28H49O10P/c1-3-5-6-7-8-9-10-11-12-13-14-15-16-17-18-20-28(32)38-26(23-35-27(31)19-4-2)24-37-39(33,34)36-22-25(30)21-29/h5-6,8-9,11-12,25-26,29-30H,3-4,7,10,13-24H2,1-2H3,(H,33,34)/b6-5-,9-8-,12-11-. The zero-order valence-corrected chi connectivity index (χ0v) is 24.5. The van der Waals surface area contributed by atoms with Gasteiger partial charge in [-0.05, 0) is 44.9 Å². The molecule has 3 unspecified atom stereocenters. The number of allylic oxidation sites excluding steroid dienone is 6. The molecule has 0 fully saturated rings. The largest absolute Gasteiger partial charge is 0.472 e. The molecule has 0 aromatic rings. The molecule has 0 aliphatic rings. The summed E-state index contributed by atoms with van der Waals surface area (Å²) in [7, 11) is -4.58. The van der Waals surface area contributed by atoms with Crippen LogP contribution in [0.15, 0.2) is 36.5 Å². The fourth-order valence-electron chi connectivity index (χ4n) is 3.16. The summed E-state index contributed by atoms with van der Waals surface area (Å²) in [5.41, 5.74) is 0. The number of aliphatic hydroxyl groups is 2. The Morgan fingerprint density at radius 1 is 0.795 bits per heavy atom. The normalized spacial score (nSPS) is 15.1. The smallest absolute Gasteiger partial charge is 0.462 e. The molecule has 0 rings (SSSR count). The van der Waals surface area contributed by atoms with Gasteiger partial charge in [0, 0.05) is 12.8 Å². The number of phosphoric ester groups is 1. The highest BCUT2D eigenvalue weighted by Crippen LogP contribution is 2.43. The molecule has 10 nitrogen and oxygen atoms in total. The summed E-state index contributed by atoms with van der Waals surface area (Å²) in [4.78, 5) is 33.7. The summed E-state index contributed by atoms with van der Waals surface area (Å²) in [5, 5.41) is 18.0. The average Bonchev–Trinajstić information content (AvgIpc) is 2.91. The molecule has 39 heavy (non-hydrogen) atoms. The fraction of sp³-hybridized carbons (Fsp3) is 0.714. The summed E-state index contributed by atoms with van der Waals surface area (Å²) < 4.78 is 31.7. The van der Waals surface area contributed by atoms with Crippen molar-refractivity contribution >= 4 is 19.8 Å². The number of aliphatic hydroxyl groups excluding tert-OH is 2. The van der Waals surface area contributed by atoms with Crippen LogP contribution in [0, 0.1) is 0 Å². The number of hydrogen-bond donors (Lipinski definition) is 3. The Balaban J connectivity index is 4.25. The lowest BCUT2D eigenvalue weighted by Gasteiger charge is -2.20. The Morgan fingerprint density at radius 2 is 1.41 bits per heavy atom. The van der Waals surface area contributed by atoms with Gasteiger partial charge in [0.25, 0.3) is 0 Å². The maximum Gasteiger partial charge on any atom is 0.472 e. The van der Waals surface area contributed by atoms with E-state index < -0.39 is 51.8 Å². The van der Waals surface area contributed by atoms with E-state index in [1.54, 1.807) is 0 Å². The van der Waals surface area contributed by atoms with Crippen LogP contribution in [-0.4, -0.2) is 65.7 Å². The first-order valence-electron chi connectivity index (χ1n) is 13.9. The molecule has 0 heterocycles. The third-order valence-corrected chi connectivity index (χ3v) is 6.23. The van der Waals surface area contributed by atoms with Gasteiger partial charge in [-0.2, -0.15) is 0 Å². The molecule has 0 saturated carbocycles. The predicted octanol–water partition coefficient (Wildman–Crippen LogP) is 5.32. The van der Waals surface area contributed by atoms with E-state index in [0.29, 0.717) is 12.8 Å². The molecule has 0 aliphatic heterocycles. The van der Waals surface area contributed by atoms with Crippen molar-refractivity contribution in [3.8, 4) is 0 Å². The fourth-order valence-corrected chi connectivity index (χ4v) is 3.95. The third-order valence-electron chi connectivity index (χ3n) is 5.28. The first-order valence-corrected chi connectivity index (χ1v) is 15.4. The van der Waals surface area contributed by atoms with Crippen LogP contribution in [0.5, 0.6) is 0 Å². The highest BCUT2D eigenvalue weighted by molar-refractivity contribution is 7.47. The number of carbonyl (C=O) groups excluding carboxylic acids is 2. The van der Waals surface area contributed by atoms with Gasteiger partial charge in [-0.25, -0.2) is 4.57 Å². The Morgan fingerprint density at radius 3 is 2.08 bits per heavy atom. The molecule has 0 radical (unpaired) electrons. The molecule has 0 amide bonds. The van der Waals surface area contributed by atoms with Gasteiger partial charge in [0.05, 0.1) is 19.8 Å². The lowest BCUT2D eigenvalue weighted by atomic mass is 10.1. The number of phosphoric acid groups is 1. The number of unbranched alkanes of at least 4 members (excludes halogenated alkanes) is 5. The van der Waals surface area contributed by atoms with E-state index in [4.69, 9.17) is 19.1 Å². The molecule has 11 heteroatoms. The van der Waals surface area contributed by atoms with E-state index in [-0.39, 0.29) is 19.4 Å². The molecule has 0 spiro atoms. The molecule has 0 saturated heterocycles. The highest BCUT2D eigenvalue weighted by atomic mass is 31.2. The minimum absolute atomic E-state index is 0.162. The third kappa shape index (κ3) is 24.9. The monoisotopic (exact) mass is 576 g/mol. The van der Waals surface area contributed by atoms with Crippen LogP contribution in [0.25, 0.3) is 0 Å². The van der Waals surface area contributed by atoms with Crippen LogP contribution in [0.4, 0.5) is 0 Å². The van der Waals surface area contributed by atoms with Gasteiger partial charge in [-0.1, -0.05) is 69.6 Å². The molecule has 0 aliphatic carbocycles. The zero-order valence-electron chi connectivity index (χ0n) is 23.6. The van der Waals surface area contributed by atoms with Gasteiger partial charge in [0.1, 0.15) is 12.7 Å². The van der Waals surface area contributed by atoms with Crippen molar-refractivity contribution in [3.05, 3.63) is 36.5 Å². The number of rotatable bonds is 25. The maximum absolute atomic E-state index is 12.3. The number of ether oxygens (including phenoxy) is 2. The first kappa shape index (κ1) is 37.2. The molecular weight excluding hydrogens is 527 g/mol. The lowest BCUT2D eigenvalue weighted by Crippen LogP contribution is -2.29. The van der Waals surface area contributed by atoms with Crippen LogP contribution in [0.3, 0.4) is 0 Å². The highest BCUT2D eigenvalue weighted by Gasteiger charge is 2.27. The molecule has 3 atom stereocenters. The van der Waals surface area contributed by atoms with Crippen molar-refractivity contribution in [1.29, 1.82) is 0 Å². The molecular formula is C28H49O10P. The quantitative estimate of drug-likeness (QED) is 0.0564. The summed E-state index contributed by atoms with van der Waals surface area (Å²) in [6.45, 7) is 1.78. The maximum atomic E-state index is 12.3. The van der Waals surface area contributed by atoms with Crippen LogP contribution < -0.4 is 0 Å². The minimum Gasteiger partial charge on any atom is -0.462 e. The minimum atomic E-state index is -4.58. The van der Waals surface area contributed by atoms with Crippen molar-refractivity contribution in [1.82, 2.24) is 0 Å². The Kier molecular flexibility index (Phi) is 24.0. The van der Waals surface area contributed by atoms with E-state index in [1.807, 2.05) is 6.92 Å². The zero-order chi connectivity index (χ0) is 29.2. The van der Waals surface area contributed by atoms with Crippen molar-refractivity contribution in [3.63, 3.8) is 0 Å². The summed E-state index contributed by atoms with van der Waals surface area (Å²) in [5.74, 6) is -1.01. The number of esters is 2. The topological polar surface area (TPSA) is 149 Å². The van der Waals surface area contributed by atoms with Gasteiger partial charge in [0.2, 0.25) is 0 Å². The van der Waals surface area contributed by atoms with Gasteiger partial charge in [-0.15, -0.1) is 0 Å². The Hall–Kier alpha value is -1.81. The van der Waals surface area contributed by atoms with E-state index in [9.17, 15) is 24.2 Å². The molecule has 226 valence electrons. The van der Waals surface area contributed by atoms with Gasteiger partial charge >= 0.3 is 19.8 Å². The number of hydrogen-bond acceptors (Lipinski definition) is 9. The second-order valence-corrected chi connectivity index (χ2v) is 10.5. The second-order valence-electron chi connectivity index (χ2n) is 9.04. The summed E-state index contributed by atoms with van der Waals surface area (Å²) in [6, 6.07) is 0. The van der Waals surface area contributed by atoms with E-state index in [2.05, 4.69) is 47.9 Å². The Labute approximate surface area is 233 Å². The molecule has 0 aromatic carbocycles. The molecule has 3 N–H and O–H groups in total. The van der Waals surface area contributed by atoms with Crippen molar-refractivity contribution in [2.45, 2.75) is 103 Å². The van der Waals surface area contributed by atoms with Crippen LogP contribution >= 0.6 is 7.82 Å². The van der Waals surface area contributed by atoms with Gasteiger partial charge < -0.3 is 24.6 Å². The predicted molar refractivity (Wildman–Crippen MR) is 150 cm³/mol. The second kappa shape index (κ2) is 25.2. The SMILES string of the molecule is CC/C=C\C/C=C\C/C=C\CCCCCCCC(=O)OC(COC(=O)CCC)COP(=O)(O)OCC(O)CO. The van der Waals surface area contributed by atoms with Crippen LogP contribution in [0.2, 0.25) is 0 Å².